The molecule has 0 radical (unpaired) electrons. The van der Waals surface area contributed by atoms with Crippen molar-refractivity contribution in [1.82, 2.24) is 10.2 Å². The molecule has 1 heterocycles. The number of hydrogen-bond donors (Lipinski definition) is 2. The first-order valence-corrected chi connectivity index (χ1v) is 9.57. The zero-order chi connectivity index (χ0) is 15.2. The SMILES string of the molecule is O[C@H](CSc1nnc(NC2CCCCC2)s1)c1ccccc1. The van der Waals surface area contributed by atoms with E-state index in [1.807, 2.05) is 30.3 Å². The summed E-state index contributed by atoms with van der Waals surface area (Å²) < 4.78 is 0.910. The number of hydrogen-bond acceptors (Lipinski definition) is 6. The lowest BCUT2D eigenvalue weighted by molar-refractivity contribution is 0.204. The number of aliphatic hydroxyl groups is 1. The molecule has 118 valence electrons. The Balaban J connectivity index is 1.49. The van der Waals surface area contributed by atoms with Crippen LogP contribution in [0, 0.1) is 0 Å². The number of thioether (sulfide) groups is 1. The van der Waals surface area contributed by atoms with Gasteiger partial charge < -0.3 is 10.4 Å². The minimum absolute atomic E-state index is 0.468. The lowest BCUT2D eigenvalue weighted by atomic mass is 9.96. The zero-order valence-corrected chi connectivity index (χ0v) is 14.1. The van der Waals surface area contributed by atoms with Crippen LogP contribution in [0.15, 0.2) is 34.7 Å². The monoisotopic (exact) mass is 335 g/mol. The second-order valence-electron chi connectivity index (χ2n) is 5.59. The highest BCUT2D eigenvalue weighted by Gasteiger charge is 2.16. The van der Waals surface area contributed by atoms with E-state index in [1.54, 1.807) is 23.1 Å². The maximum absolute atomic E-state index is 10.2. The molecule has 0 saturated heterocycles. The predicted molar refractivity (Wildman–Crippen MR) is 92.5 cm³/mol. The van der Waals surface area contributed by atoms with Crippen molar-refractivity contribution in [2.75, 3.05) is 11.1 Å². The van der Waals surface area contributed by atoms with Crippen LogP contribution < -0.4 is 5.32 Å². The van der Waals surface area contributed by atoms with Crippen molar-refractivity contribution in [2.45, 2.75) is 48.6 Å². The van der Waals surface area contributed by atoms with Crippen LogP contribution in [0.2, 0.25) is 0 Å². The van der Waals surface area contributed by atoms with Gasteiger partial charge in [-0.15, -0.1) is 10.2 Å². The number of nitrogens with zero attached hydrogens (tertiary/aromatic N) is 2. The first-order chi connectivity index (χ1) is 10.8. The summed E-state index contributed by atoms with van der Waals surface area (Å²) >= 11 is 3.14. The van der Waals surface area contributed by atoms with E-state index in [9.17, 15) is 5.11 Å². The molecule has 1 fully saturated rings. The molecular formula is C16H21N3OS2. The highest BCUT2D eigenvalue weighted by atomic mass is 32.2. The average Bonchev–Trinajstić information content (AvgIpc) is 3.02. The van der Waals surface area contributed by atoms with Gasteiger partial charge in [-0.3, -0.25) is 0 Å². The van der Waals surface area contributed by atoms with Gasteiger partial charge in [-0.1, -0.05) is 72.7 Å². The Labute approximate surface area is 139 Å². The fourth-order valence-electron chi connectivity index (χ4n) is 2.67. The van der Waals surface area contributed by atoms with Crippen LogP contribution >= 0.6 is 23.1 Å². The van der Waals surface area contributed by atoms with E-state index < -0.39 is 6.10 Å². The van der Waals surface area contributed by atoms with Crippen molar-refractivity contribution in [3.8, 4) is 0 Å². The lowest BCUT2D eigenvalue weighted by Crippen LogP contribution is -2.21. The Morgan fingerprint density at radius 3 is 2.73 bits per heavy atom. The summed E-state index contributed by atoms with van der Waals surface area (Å²) in [5.41, 5.74) is 0.945. The molecule has 0 amide bonds. The maximum Gasteiger partial charge on any atom is 0.206 e. The molecule has 0 aliphatic heterocycles. The molecule has 1 aliphatic carbocycles. The third-order valence-corrected chi connectivity index (χ3v) is 5.95. The second-order valence-corrected chi connectivity index (χ2v) is 7.83. The Morgan fingerprint density at radius 2 is 1.95 bits per heavy atom. The highest BCUT2D eigenvalue weighted by molar-refractivity contribution is 8.01. The van der Waals surface area contributed by atoms with Crippen molar-refractivity contribution >= 4 is 28.2 Å². The Bertz CT molecular complexity index is 570. The van der Waals surface area contributed by atoms with Crippen LogP contribution in [0.4, 0.5) is 5.13 Å². The number of rotatable bonds is 6. The van der Waals surface area contributed by atoms with Gasteiger partial charge in [0, 0.05) is 11.8 Å². The zero-order valence-electron chi connectivity index (χ0n) is 12.4. The molecule has 2 N–H and O–H groups in total. The standard InChI is InChI=1S/C16H21N3OS2/c20-14(12-7-3-1-4-8-12)11-21-16-19-18-15(22-16)17-13-9-5-2-6-10-13/h1,3-4,7-8,13-14,20H,2,5-6,9-11H2,(H,17,18)/t14-/m1/s1. The molecule has 1 aromatic carbocycles. The summed E-state index contributed by atoms with van der Waals surface area (Å²) in [6.07, 6.45) is 5.96. The molecule has 0 spiro atoms. The minimum Gasteiger partial charge on any atom is -0.388 e. The van der Waals surface area contributed by atoms with E-state index in [-0.39, 0.29) is 0 Å². The maximum atomic E-state index is 10.2. The summed E-state index contributed by atoms with van der Waals surface area (Å²) in [7, 11) is 0. The fraction of sp³-hybridized carbons (Fsp3) is 0.500. The van der Waals surface area contributed by atoms with Crippen molar-refractivity contribution in [1.29, 1.82) is 0 Å². The van der Waals surface area contributed by atoms with E-state index in [0.29, 0.717) is 11.8 Å². The smallest absolute Gasteiger partial charge is 0.206 e. The molecule has 1 aromatic heterocycles. The Kier molecular flexibility index (Phi) is 5.70. The fourth-order valence-corrected chi connectivity index (χ4v) is 4.49. The van der Waals surface area contributed by atoms with Gasteiger partial charge in [-0.2, -0.15) is 0 Å². The topological polar surface area (TPSA) is 58.0 Å². The van der Waals surface area contributed by atoms with Crippen molar-refractivity contribution in [3.05, 3.63) is 35.9 Å². The van der Waals surface area contributed by atoms with Gasteiger partial charge in [-0.05, 0) is 18.4 Å². The number of aromatic nitrogens is 2. The number of aliphatic hydroxyl groups excluding tert-OH is 1. The Hall–Kier alpha value is -1.11. The largest absolute Gasteiger partial charge is 0.388 e. The third kappa shape index (κ3) is 4.44. The lowest BCUT2D eigenvalue weighted by Gasteiger charge is -2.21. The van der Waals surface area contributed by atoms with Crippen LogP contribution in [0.3, 0.4) is 0 Å². The van der Waals surface area contributed by atoms with Gasteiger partial charge in [0.1, 0.15) is 0 Å². The first kappa shape index (κ1) is 15.8. The summed E-state index contributed by atoms with van der Waals surface area (Å²) in [5, 5.41) is 23.0. The summed E-state index contributed by atoms with van der Waals surface area (Å²) in [4.78, 5) is 0. The number of anilines is 1. The van der Waals surface area contributed by atoms with E-state index in [1.165, 1.54) is 32.1 Å². The van der Waals surface area contributed by atoms with E-state index in [4.69, 9.17) is 0 Å². The van der Waals surface area contributed by atoms with Gasteiger partial charge in [0.2, 0.25) is 5.13 Å². The van der Waals surface area contributed by atoms with Gasteiger partial charge in [0.15, 0.2) is 4.34 Å². The predicted octanol–water partition coefficient (Wildman–Crippen LogP) is 4.11. The molecule has 6 heteroatoms. The van der Waals surface area contributed by atoms with Crippen molar-refractivity contribution < 1.29 is 5.11 Å². The van der Waals surface area contributed by atoms with Crippen LogP contribution in [0.5, 0.6) is 0 Å². The van der Waals surface area contributed by atoms with Gasteiger partial charge in [0.05, 0.1) is 6.10 Å². The van der Waals surface area contributed by atoms with Crippen molar-refractivity contribution in [3.63, 3.8) is 0 Å². The molecule has 0 unspecified atom stereocenters. The summed E-state index contributed by atoms with van der Waals surface area (Å²) in [6, 6.07) is 10.3. The van der Waals surface area contributed by atoms with Crippen LogP contribution in [-0.4, -0.2) is 27.1 Å². The van der Waals surface area contributed by atoms with Crippen LogP contribution in [0.25, 0.3) is 0 Å². The molecule has 4 nitrogen and oxygen atoms in total. The van der Waals surface area contributed by atoms with E-state index in [0.717, 1.165) is 15.0 Å². The molecule has 0 bridgehead atoms. The molecule has 22 heavy (non-hydrogen) atoms. The summed E-state index contributed by atoms with van der Waals surface area (Å²) in [5.74, 6) is 0.599. The third-order valence-electron chi connectivity index (χ3n) is 3.89. The molecule has 3 rings (SSSR count). The van der Waals surface area contributed by atoms with Crippen LogP contribution in [0.1, 0.15) is 43.8 Å². The van der Waals surface area contributed by atoms with Crippen LogP contribution in [-0.2, 0) is 0 Å². The Morgan fingerprint density at radius 1 is 1.18 bits per heavy atom. The number of benzene rings is 1. The molecular weight excluding hydrogens is 314 g/mol. The van der Waals surface area contributed by atoms with E-state index in [2.05, 4.69) is 15.5 Å². The molecule has 2 aromatic rings. The average molecular weight is 335 g/mol. The molecule has 1 aliphatic rings. The van der Waals surface area contributed by atoms with Gasteiger partial charge in [-0.25, -0.2) is 0 Å². The highest BCUT2D eigenvalue weighted by Crippen LogP contribution is 2.30. The molecule has 1 saturated carbocycles. The summed E-state index contributed by atoms with van der Waals surface area (Å²) in [6.45, 7) is 0. The number of nitrogens with one attached hydrogen (secondary N) is 1. The van der Waals surface area contributed by atoms with E-state index >= 15 is 0 Å². The van der Waals surface area contributed by atoms with Crippen molar-refractivity contribution in [2.24, 2.45) is 0 Å². The second kappa shape index (κ2) is 7.94. The van der Waals surface area contributed by atoms with Gasteiger partial charge in [0.25, 0.3) is 0 Å². The first-order valence-electron chi connectivity index (χ1n) is 7.77. The van der Waals surface area contributed by atoms with Gasteiger partial charge >= 0.3 is 0 Å². The normalized spacial score (nSPS) is 17.3. The minimum atomic E-state index is -0.468. The molecule has 1 atom stereocenters. The quantitative estimate of drug-likeness (QED) is 0.778.